The second kappa shape index (κ2) is 13.6. The topological polar surface area (TPSA) is 103 Å². The molecule has 0 saturated carbocycles. The number of esters is 2. The van der Waals surface area contributed by atoms with Crippen molar-refractivity contribution in [3.05, 3.63) is 63.9 Å². The van der Waals surface area contributed by atoms with Crippen molar-refractivity contribution in [2.24, 2.45) is 0 Å². The number of carbonyl (C=O) groups is 3. The van der Waals surface area contributed by atoms with E-state index in [2.05, 4.69) is 15.9 Å². The first-order valence-electron chi connectivity index (χ1n) is 12.2. The highest BCUT2D eigenvalue weighted by molar-refractivity contribution is 9.09. The molecule has 7 nitrogen and oxygen atoms in total. The molecule has 0 fully saturated rings. The molecule has 0 radical (unpaired) electrons. The van der Waals surface area contributed by atoms with Crippen LogP contribution in [0.4, 0.5) is 0 Å². The standard InChI is InChI=1S/C15H18O3.C9H10O2.C6H11BrO2/c1-9-6-7-10(2)13-11(9)8-12(17-13)14(16)18-15(3,4)5;1-6-3-4-7(2)9(11)8(6)5-10;1-6(2,3)9-5(8)4-7/h6-8H,1-5H3;3-5,11H,1-2H3;4H2,1-3H3. The van der Waals surface area contributed by atoms with Gasteiger partial charge in [0.15, 0.2) is 6.29 Å². The van der Waals surface area contributed by atoms with E-state index < -0.39 is 11.6 Å². The summed E-state index contributed by atoms with van der Waals surface area (Å²) in [6.45, 7) is 18.6. The number of phenolic OH excluding ortho intramolecular Hbond substituents is 1. The summed E-state index contributed by atoms with van der Waals surface area (Å²) in [4.78, 5) is 32.9. The van der Waals surface area contributed by atoms with Crippen LogP contribution in [0.25, 0.3) is 11.0 Å². The van der Waals surface area contributed by atoms with E-state index in [0.717, 1.165) is 33.2 Å². The Morgan fingerprint density at radius 2 is 1.37 bits per heavy atom. The smallest absolute Gasteiger partial charge is 0.374 e. The summed E-state index contributed by atoms with van der Waals surface area (Å²) in [6.07, 6.45) is 0.678. The average molecular weight is 592 g/mol. The molecule has 1 heterocycles. The third-order valence-electron chi connectivity index (χ3n) is 4.98. The molecule has 3 rings (SSSR count). The van der Waals surface area contributed by atoms with Gasteiger partial charge in [-0.15, -0.1) is 0 Å². The van der Waals surface area contributed by atoms with Crippen molar-refractivity contribution in [1.82, 2.24) is 0 Å². The third-order valence-corrected chi connectivity index (χ3v) is 5.44. The van der Waals surface area contributed by atoms with Gasteiger partial charge < -0.3 is 19.0 Å². The number of benzene rings is 2. The molecule has 2 aromatic carbocycles. The Hall–Kier alpha value is -3.13. The molecular weight excluding hydrogens is 552 g/mol. The molecule has 0 aliphatic carbocycles. The summed E-state index contributed by atoms with van der Waals surface area (Å²) in [5.74, 6) is -0.280. The fourth-order valence-corrected chi connectivity index (χ4v) is 3.27. The van der Waals surface area contributed by atoms with E-state index in [-0.39, 0.29) is 28.4 Å². The maximum Gasteiger partial charge on any atom is 0.374 e. The highest BCUT2D eigenvalue weighted by Gasteiger charge is 2.22. The van der Waals surface area contributed by atoms with E-state index in [4.69, 9.17) is 13.9 Å². The minimum absolute atomic E-state index is 0.0972. The molecular formula is C30H39BrO7. The molecule has 1 N–H and O–H groups in total. The summed E-state index contributed by atoms with van der Waals surface area (Å²) >= 11 is 2.99. The Morgan fingerprint density at radius 3 is 1.79 bits per heavy atom. The molecule has 3 aromatic rings. The van der Waals surface area contributed by atoms with Crippen LogP contribution in [0, 0.1) is 27.7 Å². The fraction of sp³-hybridized carbons (Fsp3) is 0.433. The van der Waals surface area contributed by atoms with Gasteiger partial charge >= 0.3 is 11.9 Å². The van der Waals surface area contributed by atoms with Crippen molar-refractivity contribution in [3.63, 3.8) is 0 Å². The highest BCUT2D eigenvalue weighted by atomic mass is 79.9. The molecule has 0 amide bonds. The minimum atomic E-state index is -0.514. The molecule has 0 saturated heterocycles. The van der Waals surface area contributed by atoms with Crippen molar-refractivity contribution >= 4 is 45.1 Å². The number of hydrogen-bond acceptors (Lipinski definition) is 7. The van der Waals surface area contributed by atoms with Crippen molar-refractivity contribution in [2.45, 2.75) is 80.4 Å². The summed E-state index contributed by atoms with van der Waals surface area (Å²) in [5, 5.41) is 10.6. The maximum atomic E-state index is 11.9. The SMILES string of the molecule is CC(C)(C)OC(=O)CBr.Cc1ccc(C)c(C=O)c1O.Cc1ccc(C)c2oc(C(=O)OC(C)(C)C)cc12. The van der Waals surface area contributed by atoms with Crippen molar-refractivity contribution in [2.75, 3.05) is 5.33 Å². The fourth-order valence-electron chi connectivity index (χ4n) is 3.16. The lowest BCUT2D eigenvalue weighted by Gasteiger charge is -2.18. The quantitative estimate of drug-likeness (QED) is 0.191. The van der Waals surface area contributed by atoms with Crippen LogP contribution in [0.3, 0.4) is 0 Å². The second-order valence-electron chi connectivity index (χ2n) is 10.9. The number of aromatic hydroxyl groups is 1. The minimum Gasteiger partial charge on any atom is -0.507 e. The first-order chi connectivity index (χ1) is 17.4. The number of aryl methyl sites for hydroxylation is 4. The van der Waals surface area contributed by atoms with Gasteiger partial charge in [0.2, 0.25) is 5.76 Å². The van der Waals surface area contributed by atoms with Gasteiger partial charge in [0.25, 0.3) is 0 Å². The number of ether oxygens (including phenoxy) is 2. The Kier molecular flexibility index (Phi) is 11.8. The monoisotopic (exact) mass is 590 g/mol. The molecule has 0 aliphatic heterocycles. The highest BCUT2D eigenvalue weighted by Crippen LogP contribution is 2.27. The van der Waals surface area contributed by atoms with Gasteiger partial charge in [-0.1, -0.05) is 40.2 Å². The zero-order chi connectivity index (χ0) is 29.4. The first-order valence-corrected chi connectivity index (χ1v) is 13.3. The molecule has 38 heavy (non-hydrogen) atoms. The third kappa shape index (κ3) is 10.3. The van der Waals surface area contributed by atoms with Crippen LogP contribution in [0.1, 0.15) is 84.7 Å². The molecule has 0 spiro atoms. The first kappa shape index (κ1) is 32.9. The summed E-state index contributed by atoms with van der Waals surface area (Å²) in [5.41, 5.74) is 3.94. The van der Waals surface area contributed by atoms with Crippen LogP contribution < -0.4 is 0 Å². The zero-order valence-electron chi connectivity index (χ0n) is 23.9. The number of aldehydes is 1. The average Bonchev–Trinajstić information content (AvgIpc) is 3.25. The number of phenols is 1. The number of halogens is 1. The largest absolute Gasteiger partial charge is 0.507 e. The second-order valence-corrected chi connectivity index (χ2v) is 11.4. The molecule has 208 valence electrons. The Balaban J connectivity index is 0.000000310. The molecule has 8 heteroatoms. The number of carbonyl (C=O) groups excluding carboxylic acids is 3. The van der Waals surface area contributed by atoms with Crippen molar-refractivity contribution in [1.29, 1.82) is 0 Å². The lowest BCUT2D eigenvalue weighted by atomic mass is 10.1. The molecule has 0 bridgehead atoms. The van der Waals surface area contributed by atoms with Gasteiger partial charge in [0.05, 0.1) is 5.56 Å². The van der Waals surface area contributed by atoms with Gasteiger partial charge in [-0.25, -0.2) is 4.79 Å². The zero-order valence-corrected chi connectivity index (χ0v) is 25.5. The van der Waals surface area contributed by atoms with E-state index in [1.54, 1.807) is 26.0 Å². The molecule has 0 atom stereocenters. The number of fused-ring (bicyclic) bond motifs is 1. The summed E-state index contributed by atoms with van der Waals surface area (Å²) in [6, 6.07) is 9.37. The normalized spacial score (nSPS) is 11.0. The van der Waals surface area contributed by atoms with Gasteiger partial charge in [-0.05, 0) is 97.6 Å². The van der Waals surface area contributed by atoms with E-state index in [1.165, 1.54) is 0 Å². The van der Waals surface area contributed by atoms with Crippen LogP contribution in [0.15, 0.2) is 34.7 Å². The number of alkyl halides is 1. The van der Waals surface area contributed by atoms with Crippen molar-refractivity contribution in [3.8, 4) is 5.75 Å². The van der Waals surface area contributed by atoms with Gasteiger partial charge in [-0.2, -0.15) is 0 Å². The van der Waals surface area contributed by atoms with E-state index in [9.17, 15) is 19.5 Å². The Bertz CT molecular complexity index is 1240. The van der Waals surface area contributed by atoms with E-state index in [0.29, 0.717) is 11.8 Å². The maximum absolute atomic E-state index is 11.9. The Labute approximate surface area is 233 Å². The lowest BCUT2D eigenvalue weighted by Crippen LogP contribution is -2.24. The Morgan fingerprint density at radius 1 is 0.868 bits per heavy atom. The van der Waals surface area contributed by atoms with Crippen LogP contribution in [-0.4, -0.2) is 39.9 Å². The van der Waals surface area contributed by atoms with E-state index >= 15 is 0 Å². The van der Waals surface area contributed by atoms with Crippen molar-refractivity contribution < 1.29 is 33.4 Å². The number of furan rings is 1. The van der Waals surface area contributed by atoms with E-state index in [1.807, 2.05) is 73.6 Å². The summed E-state index contributed by atoms with van der Waals surface area (Å²) < 4.78 is 15.8. The van der Waals surface area contributed by atoms with Gasteiger partial charge in [0.1, 0.15) is 27.9 Å². The molecule has 1 aromatic heterocycles. The van der Waals surface area contributed by atoms with Gasteiger partial charge in [0, 0.05) is 5.39 Å². The van der Waals surface area contributed by atoms with Crippen LogP contribution >= 0.6 is 15.9 Å². The van der Waals surface area contributed by atoms with Gasteiger partial charge in [-0.3, -0.25) is 9.59 Å². The van der Waals surface area contributed by atoms with Crippen LogP contribution in [0.2, 0.25) is 0 Å². The number of hydrogen-bond donors (Lipinski definition) is 1. The lowest BCUT2D eigenvalue weighted by molar-refractivity contribution is -0.151. The molecule has 0 aliphatic rings. The van der Waals surface area contributed by atoms with Crippen LogP contribution in [0.5, 0.6) is 5.75 Å². The summed E-state index contributed by atoms with van der Waals surface area (Å²) in [7, 11) is 0. The predicted octanol–water partition coefficient (Wildman–Crippen LogP) is 7.55. The molecule has 0 unspecified atom stereocenters. The number of rotatable bonds is 3. The van der Waals surface area contributed by atoms with Crippen LogP contribution in [-0.2, 0) is 14.3 Å². The predicted molar refractivity (Wildman–Crippen MR) is 153 cm³/mol.